The Morgan fingerprint density at radius 1 is 0.975 bits per heavy atom. The predicted molar refractivity (Wildman–Crippen MR) is 167 cm³/mol. The van der Waals surface area contributed by atoms with E-state index in [0.29, 0.717) is 23.2 Å². The smallest absolute Gasteiger partial charge is 0.255 e. The number of aryl methyl sites for hydroxylation is 1. The van der Waals surface area contributed by atoms with E-state index in [4.69, 9.17) is 0 Å². The number of nitrogens with zero attached hydrogens (tertiary/aromatic N) is 5. The first-order valence-electron chi connectivity index (χ1n) is 13.9. The summed E-state index contributed by atoms with van der Waals surface area (Å²) in [6.07, 6.45) is 5.22. The topological polar surface area (TPSA) is 86.3 Å². The fourth-order valence-electron chi connectivity index (χ4n) is 4.59. The highest BCUT2D eigenvalue weighted by Gasteiger charge is 2.20. The molecule has 1 fully saturated rings. The molecular weight excluding hydrogens is 498 g/mol. The minimum atomic E-state index is -0.145. The van der Waals surface area contributed by atoms with Crippen molar-refractivity contribution in [1.82, 2.24) is 24.8 Å². The van der Waals surface area contributed by atoms with E-state index in [-0.39, 0.29) is 8.76 Å². The molecule has 1 amide bonds. The molecule has 0 saturated carbocycles. The van der Waals surface area contributed by atoms with Gasteiger partial charge in [-0.3, -0.25) is 14.7 Å². The maximum Gasteiger partial charge on any atom is 0.255 e. The van der Waals surface area contributed by atoms with Crippen LogP contribution in [0.2, 0.25) is 0 Å². The summed E-state index contributed by atoms with van der Waals surface area (Å²) in [6.45, 7) is 12.5. The zero-order chi connectivity index (χ0) is 28.5. The molecule has 4 aromatic rings. The largest absolute Gasteiger partial charge is 0.324 e. The van der Waals surface area contributed by atoms with Gasteiger partial charge in [-0.25, -0.2) is 9.97 Å². The van der Waals surface area contributed by atoms with Gasteiger partial charge in [-0.05, 0) is 74.5 Å². The van der Waals surface area contributed by atoms with Crippen LogP contribution in [0.25, 0.3) is 11.3 Å². The molecule has 2 aromatic carbocycles. The van der Waals surface area contributed by atoms with Crippen molar-refractivity contribution in [3.8, 4) is 11.3 Å². The molecule has 40 heavy (non-hydrogen) atoms. The average Bonchev–Trinajstić information content (AvgIpc) is 3.00. The van der Waals surface area contributed by atoms with E-state index in [1.165, 1.54) is 5.56 Å². The van der Waals surface area contributed by atoms with Gasteiger partial charge in [0.1, 0.15) is 0 Å². The lowest BCUT2D eigenvalue weighted by molar-refractivity contribution is 0.102. The SMILES string of the molecule is CC.Cc1ccc(NC(=O)c2ccc(C(C)N3CCN(C)CC3)cc2)cc1Nc1nccc(-c2cccnc2)n1.[HH].[HH]. The number of hydrogen-bond donors (Lipinski definition) is 2. The molecule has 1 aliphatic rings. The number of rotatable bonds is 7. The number of anilines is 3. The van der Waals surface area contributed by atoms with Gasteiger partial charge in [0.2, 0.25) is 5.95 Å². The van der Waals surface area contributed by atoms with Crippen LogP contribution >= 0.6 is 0 Å². The molecule has 0 radical (unpaired) electrons. The standard InChI is InChI=1S/C30H33N7O.C2H6.2H2/c1-21-6-11-26(19-28(21)35-30-32-14-12-27(34-30)25-5-4-13-31-20-25)33-29(38)24-9-7-23(8-10-24)22(2)37-17-15-36(3)16-18-37;1-2;;/h4-14,19-20,22H,15-18H2,1-3H3,(H,33,38)(H,32,34,35);1-2H3;2*1H. The molecule has 1 aliphatic heterocycles. The number of aromatic nitrogens is 3. The van der Waals surface area contributed by atoms with Gasteiger partial charge in [-0.1, -0.05) is 32.0 Å². The molecule has 0 bridgehead atoms. The molecular formula is C32H43N7O. The van der Waals surface area contributed by atoms with Crippen molar-refractivity contribution in [1.29, 1.82) is 0 Å². The van der Waals surface area contributed by atoms with Gasteiger partial charge in [0.05, 0.1) is 5.69 Å². The van der Waals surface area contributed by atoms with Crippen molar-refractivity contribution < 1.29 is 7.65 Å². The van der Waals surface area contributed by atoms with Crippen molar-refractivity contribution in [3.63, 3.8) is 0 Å². The van der Waals surface area contributed by atoms with E-state index in [1.807, 2.05) is 69.3 Å². The van der Waals surface area contributed by atoms with Gasteiger partial charge >= 0.3 is 0 Å². The Morgan fingerprint density at radius 3 is 2.42 bits per heavy atom. The first kappa shape index (κ1) is 28.9. The van der Waals surface area contributed by atoms with E-state index in [9.17, 15) is 4.79 Å². The maximum atomic E-state index is 13.0. The Hall–Kier alpha value is -4.14. The Balaban J connectivity index is 0.00000151. The third-order valence-electron chi connectivity index (χ3n) is 7.10. The van der Waals surface area contributed by atoms with Crippen LogP contribution in [0.5, 0.6) is 0 Å². The molecule has 8 heteroatoms. The molecule has 1 unspecified atom stereocenters. The molecule has 3 heterocycles. The van der Waals surface area contributed by atoms with Gasteiger partial charge < -0.3 is 15.5 Å². The minimum absolute atomic E-state index is 0. The van der Waals surface area contributed by atoms with Gasteiger partial charge in [-0.15, -0.1) is 0 Å². The lowest BCUT2D eigenvalue weighted by atomic mass is 10.0. The Bertz CT molecular complexity index is 1400. The molecule has 212 valence electrons. The van der Waals surface area contributed by atoms with Crippen LogP contribution in [-0.2, 0) is 0 Å². The van der Waals surface area contributed by atoms with Crippen LogP contribution in [0.4, 0.5) is 17.3 Å². The minimum Gasteiger partial charge on any atom is -0.324 e. The van der Waals surface area contributed by atoms with Crippen molar-refractivity contribution in [3.05, 3.63) is 95.9 Å². The highest BCUT2D eigenvalue weighted by Crippen LogP contribution is 2.25. The number of benzene rings is 2. The predicted octanol–water partition coefficient (Wildman–Crippen LogP) is 6.67. The summed E-state index contributed by atoms with van der Waals surface area (Å²) in [5.74, 6) is 0.330. The molecule has 1 atom stereocenters. The number of piperazine rings is 1. The van der Waals surface area contributed by atoms with Gasteiger partial charge in [0.15, 0.2) is 0 Å². The Labute approximate surface area is 240 Å². The second-order valence-corrected chi connectivity index (χ2v) is 9.75. The van der Waals surface area contributed by atoms with E-state index in [1.54, 1.807) is 18.6 Å². The van der Waals surface area contributed by atoms with Crippen LogP contribution in [0.1, 0.15) is 51.2 Å². The van der Waals surface area contributed by atoms with E-state index >= 15 is 0 Å². The number of pyridine rings is 1. The summed E-state index contributed by atoms with van der Waals surface area (Å²) in [5.41, 5.74) is 6.08. The molecule has 0 spiro atoms. The fourth-order valence-corrected chi connectivity index (χ4v) is 4.59. The van der Waals surface area contributed by atoms with Crippen LogP contribution in [-0.4, -0.2) is 63.9 Å². The second-order valence-electron chi connectivity index (χ2n) is 9.75. The van der Waals surface area contributed by atoms with Gasteiger partial charge in [0.25, 0.3) is 5.91 Å². The zero-order valence-corrected chi connectivity index (χ0v) is 24.1. The number of likely N-dealkylation sites (N-methyl/N-ethyl adjacent to an activating group) is 1. The van der Waals surface area contributed by atoms with Crippen molar-refractivity contribution in [2.24, 2.45) is 0 Å². The molecule has 2 aromatic heterocycles. The summed E-state index contributed by atoms with van der Waals surface area (Å²) in [6, 6.07) is 19.7. The summed E-state index contributed by atoms with van der Waals surface area (Å²) in [4.78, 5) is 31.0. The molecule has 8 nitrogen and oxygen atoms in total. The van der Waals surface area contributed by atoms with Crippen LogP contribution in [0.15, 0.2) is 79.3 Å². The Morgan fingerprint density at radius 2 is 1.73 bits per heavy atom. The highest BCUT2D eigenvalue weighted by molar-refractivity contribution is 6.04. The molecule has 5 rings (SSSR count). The first-order chi connectivity index (χ1) is 19.5. The average molecular weight is 542 g/mol. The number of carbonyl (C=O) groups excluding carboxylic acids is 1. The number of carbonyl (C=O) groups is 1. The number of hydrogen-bond acceptors (Lipinski definition) is 7. The number of nitrogens with one attached hydrogen (secondary N) is 2. The monoisotopic (exact) mass is 541 g/mol. The molecule has 0 aliphatic carbocycles. The summed E-state index contributed by atoms with van der Waals surface area (Å²) < 4.78 is 0. The quantitative estimate of drug-likeness (QED) is 0.270. The lowest BCUT2D eigenvalue weighted by Crippen LogP contribution is -2.45. The van der Waals surface area contributed by atoms with Crippen molar-refractivity contribution >= 4 is 23.2 Å². The first-order valence-corrected chi connectivity index (χ1v) is 13.9. The van der Waals surface area contributed by atoms with E-state index in [2.05, 4.69) is 61.5 Å². The summed E-state index contributed by atoms with van der Waals surface area (Å²) >= 11 is 0. The zero-order valence-electron chi connectivity index (χ0n) is 24.1. The molecule has 2 N–H and O–H groups in total. The normalized spacial score (nSPS) is 14.5. The van der Waals surface area contributed by atoms with Crippen molar-refractivity contribution in [2.45, 2.75) is 33.7 Å². The third kappa shape index (κ3) is 7.28. The van der Waals surface area contributed by atoms with Gasteiger partial charge in [0, 0.05) is 76.2 Å². The highest BCUT2D eigenvalue weighted by atomic mass is 16.1. The summed E-state index contributed by atoms with van der Waals surface area (Å²) in [7, 11) is 2.16. The van der Waals surface area contributed by atoms with Crippen molar-refractivity contribution in [2.75, 3.05) is 43.9 Å². The van der Waals surface area contributed by atoms with E-state index < -0.39 is 0 Å². The third-order valence-corrected chi connectivity index (χ3v) is 7.10. The maximum absolute atomic E-state index is 13.0. The van der Waals surface area contributed by atoms with Gasteiger partial charge in [-0.2, -0.15) is 0 Å². The second kappa shape index (κ2) is 13.8. The molecule has 1 saturated heterocycles. The lowest BCUT2D eigenvalue weighted by Gasteiger charge is -2.36. The van der Waals surface area contributed by atoms with Crippen LogP contribution < -0.4 is 10.6 Å². The Kier molecular flexibility index (Phi) is 9.94. The van der Waals surface area contributed by atoms with Crippen LogP contribution in [0.3, 0.4) is 0 Å². The fraction of sp³-hybridized carbons (Fsp3) is 0.312. The van der Waals surface area contributed by atoms with Crippen LogP contribution in [0, 0.1) is 6.92 Å². The van der Waals surface area contributed by atoms with E-state index in [0.717, 1.165) is 48.7 Å². The number of amides is 1. The summed E-state index contributed by atoms with van der Waals surface area (Å²) in [5, 5.41) is 6.31.